The van der Waals surface area contributed by atoms with Crippen LogP contribution in [0.1, 0.15) is 12.5 Å². The lowest BCUT2D eigenvalue weighted by molar-refractivity contribution is 0.355. The maximum absolute atomic E-state index is 11.8. The highest BCUT2D eigenvalue weighted by atomic mass is 16.5. The molecule has 0 amide bonds. The standard InChI is InChI=1S/C14H16N2O4/c1-4-9-13(17)15-12(16-14(9)18)8-5-6-10(19-2)11(7-8)20-3/h5-7H,4H2,1-3H3,(H2,15,16,17,18). The van der Waals surface area contributed by atoms with Crippen molar-refractivity contribution in [1.82, 2.24) is 9.97 Å². The van der Waals surface area contributed by atoms with E-state index in [0.717, 1.165) is 0 Å². The van der Waals surface area contributed by atoms with Gasteiger partial charge in [-0.3, -0.25) is 4.79 Å². The van der Waals surface area contributed by atoms with Crippen LogP contribution in [0.2, 0.25) is 0 Å². The van der Waals surface area contributed by atoms with E-state index in [0.29, 0.717) is 23.5 Å². The van der Waals surface area contributed by atoms with Gasteiger partial charge in [0.05, 0.1) is 19.8 Å². The molecule has 0 fully saturated rings. The zero-order chi connectivity index (χ0) is 14.7. The van der Waals surface area contributed by atoms with E-state index in [2.05, 4.69) is 9.97 Å². The molecule has 0 unspecified atom stereocenters. The Morgan fingerprint density at radius 3 is 2.50 bits per heavy atom. The zero-order valence-corrected chi connectivity index (χ0v) is 11.6. The van der Waals surface area contributed by atoms with Crippen molar-refractivity contribution >= 4 is 0 Å². The van der Waals surface area contributed by atoms with Crippen molar-refractivity contribution in [2.45, 2.75) is 13.3 Å². The topological polar surface area (TPSA) is 84.4 Å². The number of ether oxygens (including phenoxy) is 2. The number of nitrogens with one attached hydrogen (secondary N) is 1. The van der Waals surface area contributed by atoms with Crippen LogP contribution < -0.4 is 15.0 Å². The van der Waals surface area contributed by atoms with E-state index in [1.54, 1.807) is 32.2 Å². The summed E-state index contributed by atoms with van der Waals surface area (Å²) in [6.45, 7) is 1.78. The monoisotopic (exact) mass is 276 g/mol. The Bertz CT molecular complexity index is 679. The van der Waals surface area contributed by atoms with Crippen LogP contribution in [0.4, 0.5) is 0 Å². The van der Waals surface area contributed by atoms with Crippen LogP contribution in [0.3, 0.4) is 0 Å². The average molecular weight is 276 g/mol. The summed E-state index contributed by atoms with van der Waals surface area (Å²) in [5.41, 5.74) is 0.553. The van der Waals surface area contributed by atoms with Crippen molar-refractivity contribution in [3.05, 3.63) is 34.1 Å². The molecule has 0 aliphatic carbocycles. The fraction of sp³-hybridized carbons (Fsp3) is 0.286. The van der Waals surface area contributed by atoms with Crippen molar-refractivity contribution in [2.24, 2.45) is 0 Å². The van der Waals surface area contributed by atoms with Gasteiger partial charge in [-0.25, -0.2) is 0 Å². The van der Waals surface area contributed by atoms with Crippen LogP contribution in [-0.2, 0) is 6.42 Å². The minimum Gasteiger partial charge on any atom is -0.493 e. The Hall–Kier alpha value is -2.50. The summed E-state index contributed by atoms with van der Waals surface area (Å²) in [4.78, 5) is 18.5. The Morgan fingerprint density at radius 2 is 1.95 bits per heavy atom. The highest BCUT2D eigenvalue weighted by molar-refractivity contribution is 5.61. The second-order valence-electron chi connectivity index (χ2n) is 4.14. The molecule has 1 aromatic heterocycles. The second kappa shape index (κ2) is 5.64. The van der Waals surface area contributed by atoms with Crippen LogP contribution in [0, 0.1) is 0 Å². The van der Waals surface area contributed by atoms with E-state index < -0.39 is 0 Å². The number of nitrogens with zero attached hydrogens (tertiary/aromatic N) is 1. The summed E-state index contributed by atoms with van der Waals surface area (Å²) >= 11 is 0. The summed E-state index contributed by atoms with van der Waals surface area (Å²) in [6, 6.07) is 5.12. The molecule has 6 heteroatoms. The normalized spacial score (nSPS) is 10.3. The Kier molecular flexibility index (Phi) is 3.93. The van der Waals surface area contributed by atoms with Crippen molar-refractivity contribution < 1.29 is 14.6 Å². The minimum absolute atomic E-state index is 0.249. The number of hydrogen-bond acceptors (Lipinski definition) is 5. The fourth-order valence-corrected chi connectivity index (χ4v) is 1.92. The molecule has 1 heterocycles. The lowest BCUT2D eigenvalue weighted by atomic mass is 10.1. The van der Waals surface area contributed by atoms with Crippen molar-refractivity contribution in [2.75, 3.05) is 14.2 Å². The lowest BCUT2D eigenvalue weighted by Crippen LogP contribution is -2.14. The minimum atomic E-state index is -0.343. The summed E-state index contributed by atoms with van der Waals surface area (Å²) in [5.74, 6) is 1.13. The quantitative estimate of drug-likeness (QED) is 0.888. The van der Waals surface area contributed by atoms with Crippen LogP contribution in [0.15, 0.2) is 23.0 Å². The second-order valence-corrected chi connectivity index (χ2v) is 4.14. The molecule has 6 nitrogen and oxygen atoms in total. The molecule has 1 aromatic carbocycles. The van der Waals surface area contributed by atoms with Gasteiger partial charge in [0, 0.05) is 5.56 Å². The third-order valence-electron chi connectivity index (χ3n) is 3.00. The molecule has 106 valence electrons. The zero-order valence-electron chi connectivity index (χ0n) is 11.6. The first kappa shape index (κ1) is 13.9. The first-order valence-electron chi connectivity index (χ1n) is 6.15. The SMILES string of the molecule is CCc1c(O)nc(-c2ccc(OC)c(OC)c2)[nH]c1=O. The average Bonchev–Trinajstić information content (AvgIpc) is 2.46. The number of H-pyrrole nitrogens is 1. The van der Waals surface area contributed by atoms with Gasteiger partial charge in [-0.15, -0.1) is 0 Å². The van der Waals surface area contributed by atoms with E-state index in [4.69, 9.17) is 9.47 Å². The van der Waals surface area contributed by atoms with Crippen LogP contribution in [0.5, 0.6) is 17.4 Å². The van der Waals surface area contributed by atoms with E-state index in [1.807, 2.05) is 0 Å². The summed E-state index contributed by atoms with van der Waals surface area (Å²) in [6.07, 6.45) is 0.417. The van der Waals surface area contributed by atoms with E-state index in [1.165, 1.54) is 7.11 Å². The molecule has 0 aliphatic rings. The number of aromatic amines is 1. The highest BCUT2D eigenvalue weighted by Gasteiger charge is 2.12. The van der Waals surface area contributed by atoms with E-state index >= 15 is 0 Å². The molecule has 2 aromatic rings. The molecule has 0 saturated heterocycles. The van der Waals surface area contributed by atoms with Gasteiger partial charge in [0.15, 0.2) is 11.5 Å². The van der Waals surface area contributed by atoms with Crippen LogP contribution in [0.25, 0.3) is 11.4 Å². The first-order valence-corrected chi connectivity index (χ1v) is 6.15. The molecule has 0 aliphatic heterocycles. The molecule has 0 radical (unpaired) electrons. The maximum atomic E-state index is 11.8. The van der Waals surface area contributed by atoms with Crippen LogP contribution >= 0.6 is 0 Å². The molecule has 0 bridgehead atoms. The van der Waals surface area contributed by atoms with Gasteiger partial charge in [0.25, 0.3) is 5.56 Å². The molecule has 20 heavy (non-hydrogen) atoms. The number of methoxy groups -OCH3 is 2. The van der Waals surface area contributed by atoms with Crippen molar-refractivity contribution in [3.8, 4) is 28.8 Å². The van der Waals surface area contributed by atoms with Crippen molar-refractivity contribution in [1.29, 1.82) is 0 Å². The van der Waals surface area contributed by atoms with Gasteiger partial charge < -0.3 is 19.6 Å². The Balaban J connectivity index is 2.54. The summed E-state index contributed by atoms with van der Waals surface area (Å²) < 4.78 is 10.3. The molecule has 0 spiro atoms. The largest absolute Gasteiger partial charge is 0.493 e. The third kappa shape index (κ3) is 2.45. The van der Waals surface area contributed by atoms with Gasteiger partial charge in [0.2, 0.25) is 5.88 Å². The number of hydrogen-bond donors (Lipinski definition) is 2. The number of rotatable bonds is 4. The molecule has 0 saturated carbocycles. The first-order chi connectivity index (χ1) is 9.60. The smallest absolute Gasteiger partial charge is 0.258 e. The molecule has 2 rings (SSSR count). The van der Waals surface area contributed by atoms with Gasteiger partial charge in [-0.1, -0.05) is 6.92 Å². The Morgan fingerprint density at radius 1 is 1.25 bits per heavy atom. The predicted octanol–water partition coefficient (Wildman–Crippen LogP) is 1.72. The molecule has 0 atom stereocenters. The maximum Gasteiger partial charge on any atom is 0.258 e. The van der Waals surface area contributed by atoms with Gasteiger partial charge in [0.1, 0.15) is 5.82 Å². The molecular formula is C14H16N2O4. The number of aromatic nitrogens is 2. The fourth-order valence-electron chi connectivity index (χ4n) is 1.92. The van der Waals surface area contributed by atoms with Gasteiger partial charge in [-0.2, -0.15) is 4.98 Å². The predicted molar refractivity (Wildman–Crippen MR) is 74.4 cm³/mol. The molecular weight excluding hydrogens is 260 g/mol. The summed E-state index contributed by atoms with van der Waals surface area (Å²) in [7, 11) is 3.06. The Labute approximate surface area is 116 Å². The lowest BCUT2D eigenvalue weighted by Gasteiger charge is -2.09. The third-order valence-corrected chi connectivity index (χ3v) is 3.00. The summed E-state index contributed by atoms with van der Waals surface area (Å²) in [5, 5.41) is 9.77. The van der Waals surface area contributed by atoms with Crippen molar-refractivity contribution in [3.63, 3.8) is 0 Å². The van der Waals surface area contributed by atoms with E-state index in [9.17, 15) is 9.90 Å². The van der Waals surface area contributed by atoms with Crippen LogP contribution in [-0.4, -0.2) is 29.3 Å². The number of benzene rings is 1. The van der Waals surface area contributed by atoms with Gasteiger partial charge >= 0.3 is 0 Å². The van der Waals surface area contributed by atoms with Gasteiger partial charge in [-0.05, 0) is 24.6 Å². The molecule has 2 N–H and O–H groups in total. The highest BCUT2D eigenvalue weighted by Crippen LogP contribution is 2.31. The number of aromatic hydroxyl groups is 1. The van der Waals surface area contributed by atoms with E-state index in [-0.39, 0.29) is 22.8 Å².